The quantitative estimate of drug-likeness (QED) is 0.534. The number of aliphatic carboxylic acids is 1. The first-order valence-corrected chi connectivity index (χ1v) is 12.0. The number of alkyl carbamates (subject to hydrolysis) is 1. The van der Waals surface area contributed by atoms with E-state index in [-0.39, 0.29) is 50.4 Å². The maximum atomic E-state index is 13.1. The first kappa shape index (κ1) is 24.7. The molecule has 2 aromatic rings. The molecule has 4 rings (SSSR count). The number of aliphatic hydroxyl groups is 1. The van der Waals surface area contributed by atoms with E-state index in [0.29, 0.717) is 6.42 Å². The largest absolute Gasteiger partial charge is 0.479 e. The number of carboxylic acid groups (broad SMARTS) is 1. The molecule has 1 heterocycles. The van der Waals surface area contributed by atoms with Crippen molar-refractivity contribution in [1.29, 1.82) is 0 Å². The molecule has 0 bridgehead atoms. The summed E-state index contributed by atoms with van der Waals surface area (Å²) in [5.41, 5.74) is 2.61. The van der Waals surface area contributed by atoms with Crippen molar-refractivity contribution in [3.05, 3.63) is 59.7 Å². The molecule has 0 spiro atoms. The normalized spacial score (nSPS) is 19.8. The lowest BCUT2D eigenvalue weighted by Gasteiger charge is -2.26. The summed E-state index contributed by atoms with van der Waals surface area (Å²) in [6.45, 7) is 4.13. The molecule has 1 saturated heterocycles. The van der Waals surface area contributed by atoms with Crippen LogP contribution in [0.4, 0.5) is 4.79 Å². The second-order valence-corrected chi connectivity index (χ2v) is 9.88. The number of carbonyl (C=O) groups is 3. The summed E-state index contributed by atoms with van der Waals surface area (Å²) < 4.78 is 5.57. The number of hydrogen-bond donors (Lipinski definition) is 3. The average Bonchev–Trinajstić information content (AvgIpc) is 3.39. The smallest absolute Gasteiger partial charge is 0.407 e. The molecule has 8 heteroatoms. The third-order valence-electron chi connectivity index (χ3n) is 6.90. The summed E-state index contributed by atoms with van der Waals surface area (Å²) in [7, 11) is 0. The van der Waals surface area contributed by atoms with Crippen molar-refractivity contribution >= 4 is 18.0 Å². The van der Waals surface area contributed by atoms with E-state index >= 15 is 0 Å². The van der Waals surface area contributed by atoms with Gasteiger partial charge in [0.15, 0.2) is 5.60 Å². The fourth-order valence-electron chi connectivity index (χ4n) is 5.11. The van der Waals surface area contributed by atoms with Crippen molar-refractivity contribution in [1.82, 2.24) is 10.2 Å². The van der Waals surface area contributed by atoms with Gasteiger partial charge in [-0.15, -0.1) is 0 Å². The highest BCUT2D eigenvalue weighted by atomic mass is 16.5. The number of ether oxygens (including phenoxy) is 1. The van der Waals surface area contributed by atoms with Gasteiger partial charge in [0.2, 0.25) is 5.91 Å². The van der Waals surface area contributed by atoms with Gasteiger partial charge in [0.05, 0.1) is 12.5 Å². The first-order chi connectivity index (χ1) is 16.7. The van der Waals surface area contributed by atoms with Crippen LogP contribution in [0.1, 0.15) is 43.7 Å². The molecule has 35 heavy (non-hydrogen) atoms. The molecule has 2 aromatic carbocycles. The van der Waals surface area contributed by atoms with Crippen LogP contribution in [0.5, 0.6) is 0 Å². The number of likely N-dealkylation sites (tertiary alicyclic amines) is 1. The summed E-state index contributed by atoms with van der Waals surface area (Å²) >= 11 is 0. The molecule has 2 aliphatic rings. The van der Waals surface area contributed by atoms with E-state index in [1.54, 1.807) is 0 Å². The fraction of sp³-hybridized carbons (Fsp3) is 0.444. The Bertz CT molecular complexity index is 1070. The van der Waals surface area contributed by atoms with Gasteiger partial charge in [-0.3, -0.25) is 4.79 Å². The zero-order valence-electron chi connectivity index (χ0n) is 20.1. The van der Waals surface area contributed by atoms with Crippen molar-refractivity contribution in [2.45, 2.75) is 38.2 Å². The second kappa shape index (κ2) is 10.1. The number of hydrogen-bond acceptors (Lipinski definition) is 5. The third-order valence-corrected chi connectivity index (χ3v) is 6.90. The molecule has 0 aromatic heterocycles. The van der Waals surface area contributed by atoms with Gasteiger partial charge in [-0.1, -0.05) is 62.4 Å². The van der Waals surface area contributed by atoms with Crippen LogP contribution >= 0.6 is 0 Å². The van der Waals surface area contributed by atoms with Crippen LogP contribution in [0.15, 0.2) is 48.5 Å². The van der Waals surface area contributed by atoms with E-state index in [1.165, 1.54) is 4.90 Å². The molecule has 1 aliphatic carbocycles. The van der Waals surface area contributed by atoms with E-state index < -0.39 is 23.6 Å². The number of rotatable bonds is 8. The Morgan fingerprint density at radius 3 is 2.23 bits per heavy atom. The van der Waals surface area contributed by atoms with Gasteiger partial charge in [0.25, 0.3) is 0 Å². The third kappa shape index (κ3) is 5.17. The number of benzene rings is 2. The molecule has 1 aliphatic heterocycles. The predicted molar refractivity (Wildman–Crippen MR) is 130 cm³/mol. The van der Waals surface area contributed by atoms with Crippen LogP contribution < -0.4 is 5.32 Å². The maximum absolute atomic E-state index is 13.1. The van der Waals surface area contributed by atoms with E-state index in [2.05, 4.69) is 17.4 Å². The number of amides is 2. The Labute approximate surface area is 204 Å². The first-order valence-electron chi connectivity index (χ1n) is 12.0. The predicted octanol–water partition coefficient (Wildman–Crippen LogP) is 3.24. The zero-order valence-corrected chi connectivity index (χ0v) is 20.1. The molecular weight excluding hydrogens is 448 g/mol. The van der Waals surface area contributed by atoms with Gasteiger partial charge in [0, 0.05) is 25.4 Å². The van der Waals surface area contributed by atoms with Crippen molar-refractivity contribution in [2.75, 3.05) is 26.2 Å². The van der Waals surface area contributed by atoms with E-state index in [0.717, 1.165) is 22.3 Å². The Kier molecular flexibility index (Phi) is 7.12. The molecule has 3 N–H and O–H groups in total. The zero-order chi connectivity index (χ0) is 25.2. The van der Waals surface area contributed by atoms with Gasteiger partial charge in [-0.05, 0) is 34.6 Å². The van der Waals surface area contributed by atoms with Crippen LogP contribution in [0.3, 0.4) is 0 Å². The van der Waals surface area contributed by atoms with Crippen molar-refractivity contribution in [3.8, 4) is 11.1 Å². The Morgan fingerprint density at radius 2 is 1.69 bits per heavy atom. The number of carbonyl (C=O) groups excluding carboxylic acids is 2. The summed E-state index contributed by atoms with van der Waals surface area (Å²) in [5, 5.41) is 22.2. The Balaban J connectivity index is 1.36. The second-order valence-electron chi connectivity index (χ2n) is 9.88. The number of nitrogens with zero attached hydrogens (tertiary/aromatic N) is 1. The van der Waals surface area contributed by atoms with Gasteiger partial charge in [0.1, 0.15) is 6.61 Å². The van der Waals surface area contributed by atoms with Crippen LogP contribution in [0, 0.1) is 11.8 Å². The van der Waals surface area contributed by atoms with E-state index in [1.807, 2.05) is 50.2 Å². The summed E-state index contributed by atoms with van der Waals surface area (Å²) in [5.74, 6) is -2.00. The number of fused-ring (bicyclic) bond motifs is 3. The highest BCUT2D eigenvalue weighted by Gasteiger charge is 2.45. The van der Waals surface area contributed by atoms with Crippen LogP contribution in [-0.2, 0) is 14.3 Å². The highest BCUT2D eigenvalue weighted by Crippen LogP contribution is 2.44. The lowest BCUT2D eigenvalue weighted by Crippen LogP contribution is -2.45. The summed E-state index contributed by atoms with van der Waals surface area (Å²) in [4.78, 5) is 38.4. The highest BCUT2D eigenvalue weighted by molar-refractivity contribution is 5.84. The minimum atomic E-state index is -1.92. The van der Waals surface area contributed by atoms with Gasteiger partial charge in [-0.2, -0.15) is 0 Å². The van der Waals surface area contributed by atoms with Crippen LogP contribution in [0.25, 0.3) is 11.1 Å². The number of nitrogens with one attached hydrogen (secondary N) is 1. The lowest BCUT2D eigenvalue weighted by molar-refractivity contribution is -0.157. The van der Waals surface area contributed by atoms with E-state index in [4.69, 9.17) is 4.74 Å². The topological polar surface area (TPSA) is 116 Å². The SMILES string of the molecule is CC(C)CC(CNC(=O)OCC1c2ccccc2-c2ccccc21)C(=O)N1CCC(O)(C(=O)O)C1. The molecule has 2 atom stereocenters. The molecule has 0 radical (unpaired) electrons. The molecule has 0 saturated carbocycles. The summed E-state index contributed by atoms with van der Waals surface area (Å²) in [6, 6.07) is 16.2. The van der Waals surface area contributed by atoms with Crippen molar-refractivity contribution in [3.63, 3.8) is 0 Å². The fourth-order valence-corrected chi connectivity index (χ4v) is 5.11. The van der Waals surface area contributed by atoms with Gasteiger partial charge >= 0.3 is 12.1 Å². The molecule has 8 nitrogen and oxygen atoms in total. The van der Waals surface area contributed by atoms with Crippen molar-refractivity contribution in [2.24, 2.45) is 11.8 Å². The van der Waals surface area contributed by atoms with Gasteiger partial charge in [-0.25, -0.2) is 9.59 Å². The molecule has 186 valence electrons. The molecule has 2 amide bonds. The van der Waals surface area contributed by atoms with Gasteiger partial charge < -0.3 is 25.2 Å². The average molecular weight is 481 g/mol. The Hall–Kier alpha value is -3.39. The Morgan fingerprint density at radius 1 is 1.09 bits per heavy atom. The minimum absolute atomic E-state index is 0.0116. The summed E-state index contributed by atoms with van der Waals surface area (Å²) in [6.07, 6.45) is -0.0934. The van der Waals surface area contributed by atoms with E-state index in [9.17, 15) is 24.6 Å². The molecule has 1 fully saturated rings. The standard InChI is InChI=1S/C27H32N2O6/c1-17(2)13-18(24(30)29-12-11-27(34,16-29)25(31)32)14-28-26(33)35-15-23-21-9-5-3-7-19(21)20-8-4-6-10-22(20)23/h3-10,17-18,23,34H,11-16H2,1-2H3,(H,28,33)(H,31,32). The lowest BCUT2D eigenvalue weighted by atomic mass is 9.95. The number of β-amino-alcohol motifs (C(OH)–C–C–N with tert-alkyl or cyclic N) is 1. The van der Waals surface area contributed by atoms with Crippen LogP contribution in [0.2, 0.25) is 0 Å². The molecule has 2 unspecified atom stereocenters. The number of carboxylic acids is 1. The minimum Gasteiger partial charge on any atom is -0.479 e. The van der Waals surface area contributed by atoms with Crippen molar-refractivity contribution < 1.29 is 29.3 Å². The molecular formula is C27H32N2O6. The monoisotopic (exact) mass is 480 g/mol. The van der Waals surface area contributed by atoms with Crippen LogP contribution in [-0.4, -0.2) is 64.9 Å². The maximum Gasteiger partial charge on any atom is 0.407 e.